The van der Waals surface area contributed by atoms with Gasteiger partial charge in [0.2, 0.25) is 0 Å². The molecular weight excluding hydrogens is 218 g/mol. The Morgan fingerprint density at radius 3 is 2.80 bits per heavy atom. The van der Waals surface area contributed by atoms with E-state index < -0.39 is 22.0 Å². The van der Waals surface area contributed by atoms with E-state index in [9.17, 15) is 13.2 Å². The molecule has 1 rings (SSSR count). The maximum Gasteiger partial charge on any atom is 0.407 e. The minimum absolute atomic E-state index is 0.0807. The monoisotopic (exact) mass is 233 g/mol. The molecule has 1 N–H and O–H groups in total. The highest BCUT2D eigenvalue weighted by Crippen LogP contribution is 2.08. The van der Waals surface area contributed by atoms with Crippen LogP contribution >= 0.6 is 0 Å². The minimum Gasteiger partial charge on any atom is -0.447 e. The Bertz CT molecular complexity index is 360. The molecule has 0 aromatic rings. The third-order valence-electron chi connectivity index (χ3n) is 2.12. The Morgan fingerprint density at radius 1 is 1.67 bits per heavy atom. The quantitative estimate of drug-likeness (QED) is 0.783. The average Bonchev–Trinajstić information content (AvgIpc) is 2.44. The second kappa shape index (κ2) is 4.65. The zero-order chi connectivity index (χ0) is 11.5. The van der Waals surface area contributed by atoms with E-state index in [1.807, 2.05) is 6.92 Å². The summed E-state index contributed by atoms with van der Waals surface area (Å²) in [7, 11) is -3.13. The summed E-state index contributed by atoms with van der Waals surface area (Å²) in [5, 5.41) is 3.58. The van der Waals surface area contributed by atoms with Crippen LogP contribution < -0.4 is 5.32 Å². The van der Waals surface area contributed by atoms with E-state index in [2.05, 4.69) is 5.32 Å². The van der Waals surface area contributed by atoms with E-state index in [0.717, 1.165) is 11.8 Å². The maximum atomic E-state index is 11.2. The number of hydrogen-bond acceptors (Lipinski definition) is 4. The minimum atomic E-state index is -3.13. The summed E-state index contributed by atoms with van der Waals surface area (Å²) in [6.45, 7) is 3.68. The van der Waals surface area contributed by atoms with Crippen molar-refractivity contribution in [2.45, 2.75) is 32.4 Å². The van der Waals surface area contributed by atoms with Gasteiger partial charge in [-0.1, -0.05) is 6.92 Å². The molecule has 0 bridgehead atoms. The van der Waals surface area contributed by atoms with Crippen LogP contribution in [-0.4, -0.2) is 32.4 Å². The number of ether oxygens (including phenoxy) is 1. The molecule has 2 atom stereocenters. The largest absolute Gasteiger partial charge is 0.447 e. The molecule has 1 heterocycles. The summed E-state index contributed by atoms with van der Waals surface area (Å²) in [6.07, 6.45) is 1.45. The van der Waals surface area contributed by atoms with E-state index in [-0.39, 0.29) is 11.9 Å². The van der Waals surface area contributed by atoms with E-state index in [1.54, 1.807) is 6.92 Å². The van der Waals surface area contributed by atoms with Gasteiger partial charge < -0.3 is 10.1 Å². The lowest BCUT2D eigenvalue weighted by molar-refractivity contribution is 0.104. The molecule has 0 saturated heterocycles. The molecule has 0 aromatic heterocycles. The first-order valence-electron chi connectivity index (χ1n) is 4.81. The molecule has 0 aliphatic carbocycles. The van der Waals surface area contributed by atoms with Crippen LogP contribution in [0.3, 0.4) is 0 Å². The van der Waals surface area contributed by atoms with Gasteiger partial charge in [-0.3, -0.25) is 0 Å². The number of amides is 1. The van der Waals surface area contributed by atoms with E-state index in [4.69, 9.17) is 4.74 Å². The van der Waals surface area contributed by atoms with Crippen molar-refractivity contribution in [2.75, 3.05) is 5.75 Å². The van der Waals surface area contributed by atoms with Crippen LogP contribution in [-0.2, 0) is 14.6 Å². The van der Waals surface area contributed by atoms with E-state index >= 15 is 0 Å². The van der Waals surface area contributed by atoms with Gasteiger partial charge in [-0.2, -0.15) is 0 Å². The van der Waals surface area contributed by atoms with Crippen LogP contribution in [0.5, 0.6) is 0 Å². The molecule has 1 aliphatic rings. The fourth-order valence-electron chi connectivity index (χ4n) is 1.12. The molecule has 5 nitrogen and oxygen atoms in total. The first kappa shape index (κ1) is 12.0. The lowest BCUT2D eigenvalue weighted by Crippen LogP contribution is -2.37. The summed E-state index contributed by atoms with van der Waals surface area (Å²) in [6, 6.07) is -0.466. The van der Waals surface area contributed by atoms with Gasteiger partial charge in [-0.15, -0.1) is 0 Å². The van der Waals surface area contributed by atoms with E-state index in [1.165, 1.54) is 6.08 Å². The number of nitrogens with one attached hydrogen (secondary N) is 1. The highest BCUT2D eigenvalue weighted by Gasteiger charge is 2.23. The second-order valence-electron chi connectivity index (χ2n) is 3.53. The molecule has 1 aliphatic heterocycles. The van der Waals surface area contributed by atoms with Gasteiger partial charge in [0.05, 0.1) is 11.8 Å². The molecular formula is C9H15NO4S. The fraction of sp³-hybridized carbons (Fsp3) is 0.667. The Balaban J connectivity index is 2.38. The number of sulfone groups is 1. The van der Waals surface area contributed by atoms with Crippen LogP contribution in [0.4, 0.5) is 4.79 Å². The Hall–Kier alpha value is -1.04. The van der Waals surface area contributed by atoms with Crippen molar-refractivity contribution in [1.29, 1.82) is 0 Å². The molecule has 15 heavy (non-hydrogen) atoms. The highest BCUT2D eigenvalue weighted by atomic mass is 32.2. The Labute approximate surface area is 89.4 Å². The first-order chi connectivity index (χ1) is 6.93. The van der Waals surface area contributed by atoms with Gasteiger partial charge in [0, 0.05) is 5.41 Å². The Kier molecular flexibility index (Phi) is 3.73. The Morgan fingerprint density at radius 2 is 2.33 bits per heavy atom. The molecule has 0 spiro atoms. The normalized spacial score (nSPS) is 24.8. The summed E-state index contributed by atoms with van der Waals surface area (Å²) in [5.41, 5.74) is 0. The second-order valence-corrected chi connectivity index (χ2v) is 5.46. The zero-order valence-electron chi connectivity index (χ0n) is 8.76. The molecule has 86 valence electrons. The first-order valence-corrected chi connectivity index (χ1v) is 6.52. The molecule has 1 amide bonds. The predicted molar refractivity (Wildman–Crippen MR) is 56.1 cm³/mol. The maximum absolute atomic E-state index is 11.2. The standard InChI is InChI=1S/C9H15NO4S/c1-3-7(2)14-9(11)10-8-4-5-15(12,13)6-8/h4-5,7-8H,3,6H2,1-2H3,(H,10,11)/t7-,8-/m1/s1. The number of carbonyl (C=O) groups is 1. The third-order valence-corrected chi connectivity index (χ3v) is 3.51. The SMILES string of the molecule is CC[C@@H](C)OC(=O)N[C@@H]1C=CS(=O)(=O)C1. The number of hydrogen-bond donors (Lipinski definition) is 1. The van der Waals surface area contributed by atoms with Gasteiger partial charge in [0.15, 0.2) is 9.84 Å². The van der Waals surface area contributed by atoms with Crippen molar-refractivity contribution < 1.29 is 17.9 Å². The van der Waals surface area contributed by atoms with Crippen molar-refractivity contribution in [3.63, 3.8) is 0 Å². The van der Waals surface area contributed by atoms with Crippen LogP contribution in [0.25, 0.3) is 0 Å². The van der Waals surface area contributed by atoms with Crippen molar-refractivity contribution in [3.8, 4) is 0 Å². The van der Waals surface area contributed by atoms with Crippen molar-refractivity contribution in [2.24, 2.45) is 0 Å². The van der Waals surface area contributed by atoms with Crippen molar-refractivity contribution >= 4 is 15.9 Å². The number of rotatable bonds is 3. The van der Waals surface area contributed by atoms with Gasteiger partial charge in [0.25, 0.3) is 0 Å². The number of carbonyl (C=O) groups excluding carboxylic acids is 1. The molecule has 0 fully saturated rings. The molecule has 0 radical (unpaired) electrons. The van der Waals surface area contributed by atoms with Gasteiger partial charge >= 0.3 is 6.09 Å². The predicted octanol–water partition coefficient (Wildman–Crippen LogP) is 0.822. The zero-order valence-corrected chi connectivity index (χ0v) is 9.58. The smallest absolute Gasteiger partial charge is 0.407 e. The molecule has 0 unspecified atom stereocenters. The van der Waals surface area contributed by atoms with Crippen molar-refractivity contribution in [3.05, 3.63) is 11.5 Å². The van der Waals surface area contributed by atoms with Crippen LogP contribution in [0, 0.1) is 0 Å². The summed E-state index contributed by atoms with van der Waals surface area (Å²) < 4.78 is 27.0. The lowest BCUT2D eigenvalue weighted by Gasteiger charge is -2.14. The van der Waals surface area contributed by atoms with Gasteiger partial charge in [-0.25, -0.2) is 13.2 Å². The van der Waals surface area contributed by atoms with Crippen LogP contribution in [0.1, 0.15) is 20.3 Å². The fourth-order valence-corrected chi connectivity index (χ4v) is 2.35. The average molecular weight is 233 g/mol. The highest BCUT2D eigenvalue weighted by molar-refractivity contribution is 7.94. The lowest BCUT2D eigenvalue weighted by atomic mass is 10.3. The molecule has 0 saturated carbocycles. The summed E-state index contributed by atoms with van der Waals surface area (Å²) in [5.74, 6) is -0.0807. The van der Waals surface area contributed by atoms with Crippen LogP contribution in [0.15, 0.2) is 11.5 Å². The summed E-state index contributed by atoms with van der Waals surface area (Å²) >= 11 is 0. The topological polar surface area (TPSA) is 72.5 Å². The molecule has 0 aromatic carbocycles. The molecule has 6 heteroatoms. The van der Waals surface area contributed by atoms with Gasteiger partial charge in [0.1, 0.15) is 6.10 Å². The van der Waals surface area contributed by atoms with Crippen LogP contribution in [0.2, 0.25) is 0 Å². The summed E-state index contributed by atoms with van der Waals surface area (Å²) in [4.78, 5) is 11.2. The third kappa shape index (κ3) is 3.91. The van der Waals surface area contributed by atoms with Gasteiger partial charge in [-0.05, 0) is 19.4 Å². The van der Waals surface area contributed by atoms with Crippen molar-refractivity contribution in [1.82, 2.24) is 5.32 Å². The number of alkyl carbamates (subject to hydrolysis) is 1. The van der Waals surface area contributed by atoms with E-state index in [0.29, 0.717) is 0 Å².